The summed E-state index contributed by atoms with van der Waals surface area (Å²) in [5, 5.41) is 9.63. The van der Waals surface area contributed by atoms with Crippen LogP contribution in [0.1, 0.15) is 90.9 Å². The van der Waals surface area contributed by atoms with Crippen molar-refractivity contribution in [2.45, 2.75) is 97.1 Å². The molecule has 1 unspecified atom stereocenters. The Morgan fingerprint density at radius 1 is 0.720 bits per heavy atom. The molecule has 0 radical (unpaired) electrons. The van der Waals surface area contributed by atoms with E-state index in [9.17, 15) is 5.11 Å². The zero-order chi connectivity index (χ0) is 19.8. The number of aliphatic hydroxyl groups excluding tert-OH is 1. The van der Waals surface area contributed by atoms with E-state index in [-0.39, 0.29) is 6.23 Å². The number of nitrogens with zero attached hydrogens (tertiary/aromatic N) is 1. The van der Waals surface area contributed by atoms with Crippen molar-refractivity contribution in [2.24, 2.45) is 0 Å². The molecule has 0 heterocycles. The van der Waals surface area contributed by atoms with Gasteiger partial charge in [-0.1, -0.05) is 71.1 Å². The van der Waals surface area contributed by atoms with E-state index in [1.165, 1.54) is 77.0 Å². The first kappa shape index (κ1) is 27.3. The van der Waals surface area contributed by atoms with E-state index in [1.807, 2.05) is 6.92 Å². The van der Waals surface area contributed by atoms with Crippen LogP contribution < -0.4 is 18.6 Å². The van der Waals surface area contributed by atoms with Gasteiger partial charge in [0.2, 0.25) is 0 Å². The van der Waals surface area contributed by atoms with Gasteiger partial charge in [-0.2, -0.15) is 0 Å². The van der Waals surface area contributed by atoms with E-state index >= 15 is 0 Å². The SMILES string of the molecule is CCCCCCCCCCCCCC[N+](C)(C)C(C)O.[O-][Cl+3]([O-])([O-])[O-]. The smallest absolute Gasteiger partial charge is 0.187 e. The number of rotatable bonds is 14. The van der Waals surface area contributed by atoms with Crippen molar-refractivity contribution in [3.05, 3.63) is 0 Å². The molecule has 0 aliphatic carbocycles. The van der Waals surface area contributed by atoms with Gasteiger partial charge >= 0.3 is 0 Å². The second-order valence-electron chi connectivity index (χ2n) is 7.40. The van der Waals surface area contributed by atoms with Gasteiger partial charge in [-0.05, 0) is 12.8 Å². The molecule has 1 N–H and O–H groups in total. The van der Waals surface area contributed by atoms with Gasteiger partial charge in [-0.15, -0.1) is 10.2 Å². The van der Waals surface area contributed by atoms with Crippen LogP contribution in [0, 0.1) is 10.2 Å². The van der Waals surface area contributed by atoms with Gasteiger partial charge in [0.1, 0.15) is 0 Å². The second-order valence-corrected chi connectivity index (χ2v) is 8.16. The zero-order valence-corrected chi connectivity index (χ0v) is 17.4. The van der Waals surface area contributed by atoms with Crippen molar-refractivity contribution in [1.82, 2.24) is 0 Å². The Bertz CT molecular complexity index is 277. The molecule has 0 aromatic rings. The van der Waals surface area contributed by atoms with Gasteiger partial charge < -0.3 is 9.59 Å². The summed E-state index contributed by atoms with van der Waals surface area (Å²) in [4.78, 5) is 0. The highest BCUT2D eigenvalue weighted by Crippen LogP contribution is 2.13. The number of halogens is 1. The monoisotopic (exact) mass is 385 g/mol. The van der Waals surface area contributed by atoms with E-state index in [1.54, 1.807) is 0 Å². The molecule has 6 nitrogen and oxygen atoms in total. The standard InChI is InChI=1S/C18H40NO.ClHO4/c1-5-6-7-8-9-10-11-12-13-14-15-16-17-19(3,4)18(2)20;2-1(3,4)5/h18,20H,5-17H2,1-4H3;(H,2,3,4,5)/q+1;/p-1. The highest BCUT2D eigenvalue weighted by Gasteiger charge is 2.20. The molecule has 0 aliphatic heterocycles. The molecule has 0 saturated carbocycles. The van der Waals surface area contributed by atoms with E-state index < -0.39 is 10.2 Å². The summed E-state index contributed by atoms with van der Waals surface area (Å²) in [6.45, 7) is 5.26. The predicted molar refractivity (Wildman–Crippen MR) is 89.7 cm³/mol. The van der Waals surface area contributed by atoms with Gasteiger partial charge in [-0.3, -0.25) is 0 Å². The molecule has 7 heteroatoms. The quantitative estimate of drug-likeness (QED) is 0.263. The Kier molecular flexibility index (Phi) is 17.7. The van der Waals surface area contributed by atoms with Crippen LogP contribution in [0.3, 0.4) is 0 Å². The molecule has 154 valence electrons. The van der Waals surface area contributed by atoms with Crippen molar-refractivity contribution in [3.8, 4) is 0 Å². The third-order valence-electron chi connectivity index (χ3n) is 4.60. The number of quaternary nitrogens is 1. The van der Waals surface area contributed by atoms with Crippen LogP contribution in [0.15, 0.2) is 0 Å². The molecule has 0 aliphatic rings. The van der Waals surface area contributed by atoms with Crippen molar-refractivity contribution in [1.29, 1.82) is 0 Å². The summed E-state index contributed by atoms with van der Waals surface area (Å²) >= 11 is 0. The lowest BCUT2D eigenvalue weighted by atomic mass is 10.1. The summed E-state index contributed by atoms with van der Waals surface area (Å²) < 4.78 is 34.7. The minimum atomic E-state index is -4.94. The molecule has 0 aromatic heterocycles. The topological polar surface area (TPSA) is 112 Å². The molecular formula is C18H40ClNO5. The van der Waals surface area contributed by atoms with Crippen molar-refractivity contribution < 1.29 is 38.5 Å². The molecule has 0 fully saturated rings. The first-order valence-corrected chi connectivity index (χ1v) is 10.9. The normalized spacial score (nSPS) is 13.3. The lowest BCUT2D eigenvalue weighted by molar-refractivity contribution is -2.00. The van der Waals surface area contributed by atoms with Gasteiger partial charge in [0, 0.05) is 6.92 Å². The first-order valence-electron chi connectivity index (χ1n) is 9.63. The van der Waals surface area contributed by atoms with Gasteiger partial charge in [0.25, 0.3) is 0 Å². The third kappa shape index (κ3) is 26.4. The van der Waals surface area contributed by atoms with Crippen LogP contribution in [0.4, 0.5) is 0 Å². The molecule has 25 heavy (non-hydrogen) atoms. The fourth-order valence-corrected chi connectivity index (χ4v) is 2.55. The fraction of sp³-hybridized carbons (Fsp3) is 1.00. The molecule has 0 amide bonds. The Labute approximate surface area is 156 Å². The van der Waals surface area contributed by atoms with Crippen LogP contribution in [0.25, 0.3) is 0 Å². The minimum absolute atomic E-state index is 0.247. The van der Waals surface area contributed by atoms with Crippen LogP contribution in [-0.4, -0.2) is 36.5 Å². The lowest BCUT2D eigenvalue weighted by Gasteiger charge is -2.32. The van der Waals surface area contributed by atoms with Crippen LogP contribution in [0.2, 0.25) is 0 Å². The maximum atomic E-state index is 9.63. The predicted octanol–water partition coefficient (Wildman–Crippen LogP) is 0.346. The van der Waals surface area contributed by atoms with Gasteiger partial charge in [0.15, 0.2) is 6.23 Å². The van der Waals surface area contributed by atoms with E-state index in [4.69, 9.17) is 18.6 Å². The fourth-order valence-electron chi connectivity index (χ4n) is 2.55. The van der Waals surface area contributed by atoms with Crippen LogP contribution in [-0.2, 0) is 0 Å². The number of unbranched alkanes of at least 4 members (excludes halogenated alkanes) is 11. The van der Waals surface area contributed by atoms with Gasteiger partial charge in [0.05, 0.1) is 20.6 Å². The minimum Gasteiger partial charge on any atom is -0.345 e. The number of hydrogen-bond acceptors (Lipinski definition) is 5. The third-order valence-corrected chi connectivity index (χ3v) is 4.60. The first-order chi connectivity index (χ1) is 11.5. The maximum absolute atomic E-state index is 9.63. The molecule has 0 bridgehead atoms. The Morgan fingerprint density at radius 3 is 1.28 bits per heavy atom. The Morgan fingerprint density at radius 2 is 1.00 bits per heavy atom. The molecular weight excluding hydrogens is 346 g/mol. The zero-order valence-electron chi connectivity index (χ0n) is 16.7. The maximum Gasteiger partial charge on any atom is 0.187 e. The molecule has 0 saturated heterocycles. The molecule has 0 rings (SSSR count). The number of aliphatic hydroxyl groups is 1. The Hall–Kier alpha value is 0.0500. The Balaban J connectivity index is 0. The van der Waals surface area contributed by atoms with Crippen molar-refractivity contribution >= 4 is 0 Å². The van der Waals surface area contributed by atoms with Crippen LogP contribution >= 0.6 is 0 Å². The summed E-state index contributed by atoms with van der Waals surface area (Å²) in [5.41, 5.74) is 0. The summed E-state index contributed by atoms with van der Waals surface area (Å²) in [6, 6.07) is 0. The number of hydrogen-bond donors (Lipinski definition) is 1. The highest BCUT2D eigenvalue weighted by atomic mass is 35.7. The molecule has 1 atom stereocenters. The second kappa shape index (κ2) is 16.2. The molecule has 0 aromatic carbocycles. The lowest BCUT2D eigenvalue weighted by Crippen LogP contribution is -2.68. The highest BCUT2D eigenvalue weighted by molar-refractivity contribution is 4.48. The van der Waals surface area contributed by atoms with E-state index in [0.29, 0.717) is 0 Å². The average molecular weight is 386 g/mol. The van der Waals surface area contributed by atoms with E-state index in [2.05, 4.69) is 21.0 Å². The van der Waals surface area contributed by atoms with Crippen molar-refractivity contribution in [3.63, 3.8) is 0 Å². The summed E-state index contributed by atoms with van der Waals surface area (Å²) in [7, 11) is -0.716. The average Bonchev–Trinajstić information content (AvgIpc) is 2.46. The summed E-state index contributed by atoms with van der Waals surface area (Å²) in [6.07, 6.45) is 16.5. The van der Waals surface area contributed by atoms with Crippen LogP contribution in [0.5, 0.6) is 0 Å². The van der Waals surface area contributed by atoms with Crippen molar-refractivity contribution in [2.75, 3.05) is 20.6 Å². The summed E-state index contributed by atoms with van der Waals surface area (Å²) in [5.74, 6) is 0. The molecule has 0 spiro atoms. The van der Waals surface area contributed by atoms with E-state index in [0.717, 1.165) is 11.0 Å². The van der Waals surface area contributed by atoms with Gasteiger partial charge in [-0.25, -0.2) is 18.6 Å². The largest absolute Gasteiger partial charge is 0.345 e.